The third kappa shape index (κ3) is 2.75. The van der Waals surface area contributed by atoms with E-state index in [-0.39, 0.29) is 22.7 Å². The summed E-state index contributed by atoms with van der Waals surface area (Å²) in [6.45, 7) is 0. The Morgan fingerprint density at radius 3 is 2.75 bits per heavy atom. The van der Waals surface area contributed by atoms with Crippen molar-refractivity contribution < 1.29 is 23.1 Å². The fraction of sp³-hybridized carbons (Fsp3) is 0.500. The summed E-state index contributed by atoms with van der Waals surface area (Å²) in [6, 6.07) is 6.02. The van der Waals surface area contributed by atoms with E-state index < -0.39 is 23.7 Å². The predicted octanol–water partition coefficient (Wildman–Crippen LogP) is 4.09. The number of aliphatic hydroxyl groups is 1. The first-order chi connectivity index (χ1) is 11.2. The number of amides is 1. The van der Waals surface area contributed by atoms with Crippen LogP contribution in [0, 0.1) is 5.92 Å². The Bertz CT molecular complexity index is 692. The Morgan fingerprint density at radius 2 is 2.08 bits per heavy atom. The van der Waals surface area contributed by atoms with E-state index in [9.17, 15) is 23.1 Å². The summed E-state index contributed by atoms with van der Waals surface area (Å²) in [5.74, 6) is -2.16. The zero-order valence-corrected chi connectivity index (χ0v) is 14.3. The molecule has 24 heavy (non-hydrogen) atoms. The third-order valence-corrected chi connectivity index (χ3v) is 5.04. The van der Waals surface area contributed by atoms with E-state index in [0.717, 1.165) is 6.42 Å². The molecule has 0 radical (unpaired) electrons. The van der Waals surface area contributed by atoms with Gasteiger partial charge in [-0.05, 0) is 37.5 Å². The van der Waals surface area contributed by atoms with E-state index in [2.05, 4.69) is 21.0 Å². The Labute approximate surface area is 145 Å². The molecule has 1 fully saturated rings. The van der Waals surface area contributed by atoms with Crippen molar-refractivity contribution in [3.8, 4) is 0 Å². The minimum Gasteiger partial charge on any atom is -0.362 e. The smallest absolute Gasteiger partial charge is 0.362 e. The fourth-order valence-electron chi connectivity index (χ4n) is 3.34. The Balaban J connectivity index is 2.05. The maximum absolute atomic E-state index is 13.7. The van der Waals surface area contributed by atoms with Gasteiger partial charge < -0.3 is 5.11 Å². The lowest BCUT2D eigenvalue weighted by Gasteiger charge is -2.37. The topological polar surface area (TPSA) is 52.9 Å². The van der Waals surface area contributed by atoms with Crippen molar-refractivity contribution in [1.29, 1.82) is 0 Å². The second-order valence-corrected chi connectivity index (χ2v) is 7.01. The van der Waals surface area contributed by atoms with Crippen LogP contribution in [0.2, 0.25) is 0 Å². The van der Waals surface area contributed by atoms with Crippen molar-refractivity contribution in [3.05, 3.63) is 34.3 Å². The predicted molar refractivity (Wildman–Crippen MR) is 85.3 cm³/mol. The highest BCUT2D eigenvalue weighted by Crippen LogP contribution is 2.48. The molecule has 1 amide bonds. The van der Waals surface area contributed by atoms with Gasteiger partial charge in [-0.2, -0.15) is 23.3 Å². The van der Waals surface area contributed by atoms with Gasteiger partial charge in [0.25, 0.3) is 11.6 Å². The number of carbonyl (C=O) groups excluding carboxylic acids is 1. The van der Waals surface area contributed by atoms with E-state index in [1.165, 1.54) is 12.1 Å². The van der Waals surface area contributed by atoms with Crippen molar-refractivity contribution in [2.75, 3.05) is 0 Å². The summed E-state index contributed by atoms with van der Waals surface area (Å²) in [5, 5.41) is 14.7. The molecule has 1 aromatic rings. The molecule has 8 heteroatoms. The van der Waals surface area contributed by atoms with Gasteiger partial charge in [-0.15, -0.1) is 0 Å². The molecule has 0 spiro atoms. The van der Waals surface area contributed by atoms with Gasteiger partial charge in [0.2, 0.25) is 0 Å². The molecule has 2 aliphatic rings. The molecular formula is C16H16BrF3N2O2. The van der Waals surface area contributed by atoms with Gasteiger partial charge >= 0.3 is 6.18 Å². The first-order valence-electron chi connectivity index (χ1n) is 7.71. The Kier molecular flexibility index (Phi) is 4.46. The molecule has 1 N–H and O–H groups in total. The second-order valence-electron chi connectivity index (χ2n) is 6.09. The molecule has 130 valence electrons. The summed E-state index contributed by atoms with van der Waals surface area (Å²) in [6.07, 6.45) is -2.39. The first kappa shape index (κ1) is 17.4. The number of hydrogen-bond acceptors (Lipinski definition) is 3. The normalized spacial score (nSPS) is 27.5. The van der Waals surface area contributed by atoms with Crippen molar-refractivity contribution in [2.45, 2.75) is 44.0 Å². The lowest BCUT2D eigenvalue weighted by molar-refractivity contribution is -0.312. The summed E-state index contributed by atoms with van der Waals surface area (Å²) in [4.78, 5) is 12.6. The van der Waals surface area contributed by atoms with Crippen LogP contribution in [0.4, 0.5) is 13.2 Å². The van der Waals surface area contributed by atoms with Crippen LogP contribution in [-0.4, -0.2) is 33.6 Å². The molecule has 1 aromatic carbocycles. The van der Waals surface area contributed by atoms with Crippen LogP contribution in [0.5, 0.6) is 0 Å². The molecule has 0 saturated heterocycles. The molecular weight excluding hydrogens is 389 g/mol. The van der Waals surface area contributed by atoms with E-state index in [4.69, 9.17) is 0 Å². The summed E-state index contributed by atoms with van der Waals surface area (Å²) < 4.78 is 41.7. The molecule has 0 unspecified atom stereocenters. The molecule has 1 aliphatic heterocycles. The van der Waals surface area contributed by atoms with E-state index >= 15 is 0 Å². The van der Waals surface area contributed by atoms with Crippen molar-refractivity contribution in [3.63, 3.8) is 0 Å². The van der Waals surface area contributed by atoms with E-state index in [0.29, 0.717) is 23.7 Å². The van der Waals surface area contributed by atoms with Crippen LogP contribution in [0.3, 0.4) is 0 Å². The van der Waals surface area contributed by atoms with Crippen LogP contribution in [0.25, 0.3) is 0 Å². The number of hydrazone groups is 1. The quantitative estimate of drug-likeness (QED) is 0.765. The van der Waals surface area contributed by atoms with Crippen molar-refractivity contribution in [1.82, 2.24) is 5.01 Å². The lowest BCUT2D eigenvalue weighted by Crippen LogP contribution is -2.61. The number of benzene rings is 1. The minimum atomic E-state index is -4.99. The van der Waals surface area contributed by atoms with E-state index in [1.54, 1.807) is 12.1 Å². The number of nitrogens with zero attached hydrogens (tertiary/aromatic N) is 2. The van der Waals surface area contributed by atoms with Crippen molar-refractivity contribution >= 4 is 27.5 Å². The molecule has 1 saturated carbocycles. The van der Waals surface area contributed by atoms with Crippen LogP contribution in [-0.2, 0) is 0 Å². The third-order valence-electron chi connectivity index (χ3n) is 4.55. The fourth-order valence-corrected chi connectivity index (χ4v) is 3.74. The van der Waals surface area contributed by atoms with Crippen LogP contribution >= 0.6 is 15.9 Å². The average Bonchev–Trinajstić information content (AvgIpc) is 2.68. The standard InChI is InChI=1S/C16H16BrF3N2O2/c17-11-6-4-5-10(9-11)14(23)22-15(24,16(18,19)20)12-7-2-1-3-8-13(12)21-22/h4-6,9,12,24H,1-3,7-8H2/t12-,15-/m0/s1. The maximum Gasteiger partial charge on any atom is 0.439 e. The number of rotatable bonds is 1. The number of hydrogen-bond donors (Lipinski definition) is 1. The second kappa shape index (κ2) is 6.15. The maximum atomic E-state index is 13.7. The van der Waals surface area contributed by atoms with Crippen LogP contribution in [0.1, 0.15) is 42.5 Å². The zero-order chi connectivity index (χ0) is 17.5. The van der Waals surface area contributed by atoms with E-state index in [1.807, 2.05) is 0 Å². The van der Waals surface area contributed by atoms with Gasteiger partial charge in [-0.25, -0.2) is 0 Å². The highest BCUT2D eigenvalue weighted by molar-refractivity contribution is 9.10. The monoisotopic (exact) mass is 404 g/mol. The lowest BCUT2D eigenvalue weighted by atomic mass is 9.87. The summed E-state index contributed by atoms with van der Waals surface area (Å²) in [5.41, 5.74) is -2.99. The number of halogens is 4. The molecule has 1 aliphatic carbocycles. The molecule has 2 atom stereocenters. The molecule has 4 nitrogen and oxygen atoms in total. The number of alkyl halides is 3. The average molecular weight is 405 g/mol. The Hall–Kier alpha value is -1.41. The van der Waals surface area contributed by atoms with Gasteiger partial charge in [0.05, 0.1) is 5.92 Å². The zero-order valence-electron chi connectivity index (χ0n) is 12.7. The molecule has 3 rings (SSSR count). The highest BCUT2D eigenvalue weighted by atomic mass is 79.9. The van der Waals surface area contributed by atoms with Crippen LogP contribution in [0.15, 0.2) is 33.8 Å². The van der Waals surface area contributed by atoms with Gasteiger partial charge in [-0.3, -0.25) is 4.79 Å². The molecule has 1 heterocycles. The van der Waals surface area contributed by atoms with Gasteiger partial charge in [0, 0.05) is 15.7 Å². The van der Waals surface area contributed by atoms with Gasteiger partial charge in [0.15, 0.2) is 0 Å². The largest absolute Gasteiger partial charge is 0.439 e. The summed E-state index contributed by atoms with van der Waals surface area (Å²) >= 11 is 3.19. The minimum absolute atomic E-state index is 0.0351. The van der Waals surface area contributed by atoms with Gasteiger partial charge in [-0.1, -0.05) is 34.8 Å². The first-order valence-corrected chi connectivity index (χ1v) is 8.51. The van der Waals surface area contributed by atoms with Crippen LogP contribution < -0.4 is 0 Å². The number of fused-ring (bicyclic) bond motifs is 1. The molecule has 0 aromatic heterocycles. The van der Waals surface area contributed by atoms with Gasteiger partial charge in [0.1, 0.15) is 0 Å². The SMILES string of the molecule is O=C(c1cccc(Br)c1)N1N=C2CCCCC[C@@H]2[C@]1(O)C(F)(F)F. The summed E-state index contributed by atoms with van der Waals surface area (Å²) in [7, 11) is 0. The highest BCUT2D eigenvalue weighted by Gasteiger charge is 2.68. The van der Waals surface area contributed by atoms with Crippen molar-refractivity contribution in [2.24, 2.45) is 11.0 Å². The Morgan fingerprint density at radius 1 is 1.33 bits per heavy atom. The number of carbonyl (C=O) groups is 1. The molecule has 0 bridgehead atoms.